The van der Waals surface area contributed by atoms with Crippen LogP contribution >= 0.6 is 0 Å². The van der Waals surface area contributed by atoms with Crippen LogP contribution in [0.4, 0.5) is 0 Å². The van der Waals surface area contributed by atoms with E-state index in [-0.39, 0.29) is 0 Å². The lowest BCUT2D eigenvalue weighted by atomic mass is 10.1. The van der Waals surface area contributed by atoms with Gasteiger partial charge < -0.3 is 8.83 Å². The van der Waals surface area contributed by atoms with E-state index >= 15 is 0 Å². The normalized spacial score (nSPS) is 12.3. The van der Waals surface area contributed by atoms with E-state index in [9.17, 15) is 0 Å². The predicted molar refractivity (Wildman–Crippen MR) is 181 cm³/mol. The van der Waals surface area contributed by atoms with Gasteiger partial charge in [-0.1, -0.05) is 0 Å². The number of pyridine rings is 4. The fourth-order valence-corrected chi connectivity index (χ4v) is 7.14. The van der Waals surface area contributed by atoms with Crippen molar-refractivity contribution in [1.29, 1.82) is 0 Å². The minimum absolute atomic E-state index is 0.776. The van der Waals surface area contributed by atoms with Gasteiger partial charge >= 0.3 is 0 Å². The molecule has 214 valence electrons. The smallest absolute Gasteiger partial charge is 0.147 e. The molecule has 46 heavy (non-hydrogen) atoms. The molecule has 8 nitrogen and oxygen atoms in total. The van der Waals surface area contributed by atoms with E-state index in [1.54, 1.807) is 0 Å². The fourth-order valence-electron chi connectivity index (χ4n) is 7.14. The first kappa shape index (κ1) is 23.9. The van der Waals surface area contributed by atoms with Crippen LogP contribution in [0.1, 0.15) is 0 Å². The van der Waals surface area contributed by atoms with Crippen molar-refractivity contribution in [2.24, 2.45) is 0 Å². The van der Waals surface area contributed by atoms with Gasteiger partial charge in [0.25, 0.3) is 0 Å². The number of rotatable bonds is 2. The second-order valence-electron chi connectivity index (χ2n) is 11.6. The van der Waals surface area contributed by atoms with Crippen molar-refractivity contribution < 1.29 is 8.83 Å². The molecule has 0 unspecified atom stereocenters. The highest BCUT2D eigenvalue weighted by molar-refractivity contribution is 6.16. The van der Waals surface area contributed by atoms with Gasteiger partial charge in [0.05, 0.1) is 22.1 Å². The first-order valence-corrected chi connectivity index (χ1v) is 15.0. The lowest BCUT2D eigenvalue weighted by Gasteiger charge is -2.07. The molecule has 3 aromatic carbocycles. The summed E-state index contributed by atoms with van der Waals surface area (Å²) in [4.78, 5) is 18.8. The minimum Gasteiger partial charge on any atom is -0.456 e. The van der Waals surface area contributed by atoms with Gasteiger partial charge in [0.15, 0.2) is 0 Å². The summed E-state index contributed by atoms with van der Waals surface area (Å²) in [5.74, 6) is 0. The standard InChI is InChI=1S/C38H20N6O2/c1-5-23-35-29(7-3-13-39-35)43(37(23)41-15-1)21-9-11-31-25(17-21)27-19-28-26-18-22(10-12-32(26)46-34(28)20-33(27)45-31)44-30-8-4-14-40-36(30)24-6-2-16-42-38(24)44/h1-20H. The van der Waals surface area contributed by atoms with E-state index < -0.39 is 0 Å². The van der Waals surface area contributed by atoms with Crippen molar-refractivity contribution in [3.05, 3.63) is 122 Å². The number of aromatic nitrogens is 6. The predicted octanol–water partition coefficient (Wildman–Crippen LogP) is 9.26. The molecule has 0 spiro atoms. The van der Waals surface area contributed by atoms with Gasteiger partial charge in [-0.15, -0.1) is 0 Å². The van der Waals surface area contributed by atoms with Crippen molar-refractivity contribution in [3.63, 3.8) is 0 Å². The number of hydrogen-bond acceptors (Lipinski definition) is 6. The van der Waals surface area contributed by atoms with Crippen LogP contribution in [-0.2, 0) is 0 Å². The van der Waals surface area contributed by atoms with Crippen molar-refractivity contribution in [2.45, 2.75) is 0 Å². The van der Waals surface area contributed by atoms with Crippen LogP contribution in [-0.4, -0.2) is 29.1 Å². The number of fused-ring (bicyclic) bond motifs is 12. The first-order chi connectivity index (χ1) is 22.8. The van der Waals surface area contributed by atoms with Crippen LogP contribution in [0.25, 0.3) is 99.4 Å². The zero-order chi connectivity index (χ0) is 29.9. The molecule has 0 radical (unpaired) electrons. The molecule has 0 aliphatic heterocycles. The van der Waals surface area contributed by atoms with E-state index in [1.807, 2.05) is 67.3 Å². The zero-order valence-corrected chi connectivity index (χ0v) is 24.0. The van der Waals surface area contributed by atoms with Crippen molar-refractivity contribution in [2.75, 3.05) is 0 Å². The average molecular weight is 593 g/mol. The topological polar surface area (TPSA) is 87.7 Å². The van der Waals surface area contributed by atoms with Crippen LogP contribution in [0.5, 0.6) is 0 Å². The second-order valence-corrected chi connectivity index (χ2v) is 11.6. The number of nitrogens with zero attached hydrogens (tertiary/aromatic N) is 6. The Labute approximate surface area is 258 Å². The van der Waals surface area contributed by atoms with Crippen LogP contribution in [0, 0.1) is 0 Å². The van der Waals surface area contributed by atoms with Gasteiger partial charge in [-0.25, -0.2) is 9.97 Å². The summed E-state index contributed by atoms with van der Waals surface area (Å²) < 4.78 is 17.1. The Hall–Kier alpha value is -6.54. The molecular formula is C38H20N6O2. The molecule has 0 atom stereocenters. The van der Waals surface area contributed by atoms with E-state index in [0.717, 1.165) is 99.4 Å². The molecule has 11 rings (SSSR count). The number of furan rings is 2. The molecule has 8 heteroatoms. The quantitative estimate of drug-likeness (QED) is 0.199. The molecular weight excluding hydrogens is 572 g/mol. The zero-order valence-electron chi connectivity index (χ0n) is 24.0. The molecule has 0 aliphatic carbocycles. The largest absolute Gasteiger partial charge is 0.456 e. The van der Waals surface area contributed by atoms with E-state index in [0.29, 0.717) is 0 Å². The Balaban J connectivity index is 1.16. The van der Waals surface area contributed by atoms with Crippen LogP contribution in [0.15, 0.2) is 131 Å². The molecule has 0 saturated carbocycles. The summed E-state index contributed by atoms with van der Waals surface area (Å²) in [5, 5.41) is 6.12. The van der Waals surface area contributed by atoms with E-state index in [2.05, 4.69) is 73.7 Å². The molecule has 0 saturated heterocycles. The summed E-state index contributed by atoms with van der Waals surface area (Å²) >= 11 is 0. The van der Waals surface area contributed by atoms with Crippen molar-refractivity contribution >= 4 is 88.0 Å². The van der Waals surface area contributed by atoms with Gasteiger partial charge in [-0.05, 0) is 91.0 Å². The maximum atomic E-state index is 6.37. The highest BCUT2D eigenvalue weighted by Crippen LogP contribution is 2.39. The van der Waals surface area contributed by atoms with Crippen LogP contribution in [0.2, 0.25) is 0 Å². The van der Waals surface area contributed by atoms with Crippen LogP contribution < -0.4 is 0 Å². The Bertz CT molecular complexity index is 2740. The molecule has 0 aliphatic rings. The summed E-state index contributed by atoms with van der Waals surface area (Å²) in [7, 11) is 0. The van der Waals surface area contributed by atoms with Crippen molar-refractivity contribution in [1.82, 2.24) is 29.1 Å². The van der Waals surface area contributed by atoms with Gasteiger partial charge in [0.2, 0.25) is 0 Å². The monoisotopic (exact) mass is 592 g/mol. The Morgan fingerprint density at radius 3 is 1.37 bits per heavy atom. The Morgan fingerprint density at radius 2 is 0.848 bits per heavy atom. The fraction of sp³-hybridized carbons (Fsp3) is 0. The average Bonchev–Trinajstić information content (AvgIpc) is 3.84. The number of benzene rings is 3. The van der Waals surface area contributed by atoms with E-state index in [1.165, 1.54) is 0 Å². The maximum Gasteiger partial charge on any atom is 0.147 e. The molecule has 0 fully saturated rings. The lowest BCUT2D eigenvalue weighted by Crippen LogP contribution is -1.95. The van der Waals surface area contributed by atoms with Gasteiger partial charge in [0, 0.05) is 74.5 Å². The summed E-state index contributed by atoms with van der Waals surface area (Å²) in [6.45, 7) is 0. The van der Waals surface area contributed by atoms with Gasteiger partial charge in [-0.3, -0.25) is 19.1 Å². The first-order valence-electron chi connectivity index (χ1n) is 15.0. The maximum absolute atomic E-state index is 6.37. The molecule has 0 N–H and O–H groups in total. The van der Waals surface area contributed by atoms with E-state index in [4.69, 9.17) is 18.8 Å². The molecule has 8 aromatic heterocycles. The second kappa shape index (κ2) is 8.55. The molecule has 11 aromatic rings. The third kappa shape index (κ3) is 3.07. The van der Waals surface area contributed by atoms with Crippen molar-refractivity contribution in [3.8, 4) is 11.4 Å². The lowest BCUT2D eigenvalue weighted by molar-refractivity contribution is 0.656. The summed E-state index contributed by atoms with van der Waals surface area (Å²) in [6, 6.07) is 32.9. The minimum atomic E-state index is 0.776. The highest BCUT2D eigenvalue weighted by Gasteiger charge is 2.19. The SMILES string of the molecule is c1cnc2c(c1)c1ncccc1n2-c1ccc2oc3cc4oc5ccc(-n6c7cccnc7c7cccnc76)cc5c4cc3c2c1. The number of hydrogen-bond donors (Lipinski definition) is 0. The summed E-state index contributed by atoms with van der Waals surface area (Å²) in [6.07, 6.45) is 7.30. The summed E-state index contributed by atoms with van der Waals surface area (Å²) in [5.41, 5.74) is 10.8. The van der Waals surface area contributed by atoms with Crippen LogP contribution in [0.3, 0.4) is 0 Å². The highest BCUT2D eigenvalue weighted by atomic mass is 16.3. The molecule has 8 heterocycles. The van der Waals surface area contributed by atoms with Gasteiger partial charge in [0.1, 0.15) is 33.6 Å². The Morgan fingerprint density at radius 1 is 0.391 bits per heavy atom. The van der Waals surface area contributed by atoms with Gasteiger partial charge in [-0.2, -0.15) is 0 Å². The Kier molecular flexibility index (Phi) is 4.43. The third-order valence-corrected chi connectivity index (χ3v) is 9.11. The molecule has 0 amide bonds. The molecule has 0 bridgehead atoms. The third-order valence-electron chi connectivity index (χ3n) is 9.11.